The van der Waals surface area contributed by atoms with Gasteiger partial charge in [0.15, 0.2) is 6.61 Å². The molecule has 2 aromatic rings. The monoisotopic (exact) mass is 421 g/mol. The maximum absolute atomic E-state index is 13.2. The van der Waals surface area contributed by atoms with Crippen LogP contribution in [0.25, 0.3) is 11.0 Å². The first-order chi connectivity index (χ1) is 13.8. The summed E-state index contributed by atoms with van der Waals surface area (Å²) in [7, 11) is -3.62. The minimum absolute atomic E-state index is 0.105. The molecule has 0 radical (unpaired) electrons. The second-order valence-electron chi connectivity index (χ2n) is 8.24. The molecule has 0 N–H and O–H groups in total. The van der Waals surface area contributed by atoms with Gasteiger partial charge in [-0.25, -0.2) is 8.42 Å². The van der Waals surface area contributed by atoms with E-state index >= 15 is 0 Å². The first-order valence-electron chi connectivity index (χ1n) is 10.1. The van der Waals surface area contributed by atoms with E-state index in [1.807, 2.05) is 0 Å². The fourth-order valence-corrected chi connectivity index (χ4v) is 5.96. The lowest BCUT2D eigenvalue weighted by Crippen LogP contribution is -2.42. The van der Waals surface area contributed by atoms with Crippen LogP contribution in [0.4, 0.5) is 0 Å². The number of sulfonamides is 1. The molecular formula is C19H27N5O4S. The van der Waals surface area contributed by atoms with E-state index in [0.717, 1.165) is 37.2 Å². The summed E-state index contributed by atoms with van der Waals surface area (Å²) in [6.45, 7) is 6.52. The van der Waals surface area contributed by atoms with E-state index in [0.29, 0.717) is 36.0 Å². The third kappa shape index (κ3) is 4.09. The number of aromatic nitrogens is 3. The summed E-state index contributed by atoms with van der Waals surface area (Å²) in [5.41, 5.74) is 0.941. The molecule has 1 aromatic carbocycles. The van der Waals surface area contributed by atoms with Crippen LogP contribution >= 0.6 is 0 Å². The molecule has 2 aliphatic heterocycles. The molecule has 29 heavy (non-hydrogen) atoms. The molecule has 4 rings (SSSR count). The summed E-state index contributed by atoms with van der Waals surface area (Å²) >= 11 is 0. The normalized spacial score (nSPS) is 23.6. The van der Waals surface area contributed by atoms with Crippen LogP contribution in [0.5, 0.6) is 0 Å². The Morgan fingerprint density at radius 2 is 1.86 bits per heavy atom. The minimum atomic E-state index is -3.62. The van der Waals surface area contributed by atoms with Crippen molar-refractivity contribution in [3.8, 4) is 0 Å². The van der Waals surface area contributed by atoms with Crippen LogP contribution in [0, 0.1) is 11.8 Å². The van der Waals surface area contributed by atoms with E-state index in [-0.39, 0.29) is 17.4 Å². The molecule has 0 unspecified atom stereocenters. The first-order valence-corrected chi connectivity index (χ1v) is 11.6. The molecule has 0 spiro atoms. The van der Waals surface area contributed by atoms with Crippen LogP contribution in [0.2, 0.25) is 0 Å². The second-order valence-corrected chi connectivity index (χ2v) is 10.2. The van der Waals surface area contributed by atoms with Crippen molar-refractivity contribution in [3.63, 3.8) is 0 Å². The van der Waals surface area contributed by atoms with Gasteiger partial charge in [0.25, 0.3) is 5.91 Å². The Balaban J connectivity index is 1.55. The lowest BCUT2D eigenvalue weighted by molar-refractivity contribution is -0.135. The molecule has 1 aromatic heterocycles. The number of piperidine rings is 1. The van der Waals surface area contributed by atoms with Crippen molar-refractivity contribution in [2.75, 3.05) is 32.8 Å². The van der Waals surface area contributed by atoms with Crippen molar-refractivity contribution in [2.45, 2.75) is 38.0 Å². The molecule has 3 heterocycles. The highest BCUT2D eigenvalue weighted by Gasteiger charge is 2.32. The molecule has 2 aliphatic rings. The molecule has 0 bridgehead atoms. The molecule has 0 saturated carbocycles. The third-order valence-corrected chi connectivity index (χ3v) is 7.46. The van der Waals surface area contributed by atoms with Crippen molar-refractivity contribution in [3.05, 3.63) is 18.2 Å². The van der Waals surface area contributed by atoms with Gasteiger partial charge in [-0.3, -0.25) is 4.79 Å². The average molecular weight is 422 g/mol. The van der Waals surface area contributed by atoms with Crippen LogP contribution in [-0.2, 0) is 14.8 Å². The predicted octanol–water partition coefficient (Wildman–Crippen LogP) is 1.15. The molecule has 2 fully saturated rings. The molecule has 9 nitrogen and oxygen atoms in total. The molecule has 2 atom stereocenters. The number of hydrogen-bond donors (Lipinski definition) is 0. The van der Waals surface area contributed by atoms with Gasteiger partial charge >= 0.3 is 0 Å². The van der Waals surface area contributed by atoms with E-state index in [1.54, 1.807) is 21.3 Å². The molecule has 0 aliphatic carbocycles. The highest BCUT2D eigenvalue weighted by atomic mass is 32.2. The third-order valence-electron chi connectivity index (χ3n) is 5.63. The van der Waals surface area contributed by atoms with E-state index in [1.165, 1.54) is 6.07 Å². The van der Waals surface area contributed by atoms with Crippen molar-refractivity contribution < 1.29 is 18.0 Å². The van der Waals surface area contributed by atoms with Crippen molar-refractivity contribution in [1.29, 1.82) is 0 Å². The Hall–Kier alpha value is -2.20. The molecule has 2 saturated heterocycles. The lowest BCUT2D eigenvalue weighted by Gasteiger charge is -2.34. The summed E-state index contributed by atoms with van der Waals surface area (Å²) < 4.78 is 27.9. The maximum Gasteiger partial charge on any atom is 0.263 e. The average Bonchev–Trinajstić information content (AvgIpc) is 3.35. The largest absolute Gasteiger partial charge is 0.385 e. The van der Waals surface area contributed by atoms with Crippen LogP contribution in [0.1, 0.15) is 33.1 Å². The fourth-order valence-electron chi connectivity index (χ4n) is 4.26. The Morgan fingerprint density at radius 3 is 2.55 bits per heavy atom. The van der Waals surface area contributed by atoms with Gasteiger partial charge in [-0.05, 0) is 54.5 Å². The number of carbonyl (C=O) groups excluding carboxylic acids is 1. The summed E-state index contributed by atoms with van der Waals surface area (Å²) in [5, 5.41) is 7.93. The number of amides is 1. The SMILES string of the molecule is C[C@H]1C[C@H](C)CN(S(=O)(=O)c2ccc3nnn(OCC(=O)N4CCCC4)c3c2)C1. The van der Waals surface area contributed by atoms with E-state index < -0.39 is 10.0 Å². The number of benzene rings is 1. The maximum atomic E-state index is 13.2. The summed E-state index contributed by atoms with van der Waals surface area (Å²) in [4.78, 5) is 20.8. The zero-order valence-corrected chi connectivity index (χ0v) is 17.6. The zero-order chi connectivity index (χ0) is 20.6. The van der Waals surface area contributed by atoms with Gasteiger partial charge in [0.2, 0.25) is 10.0 Å². The molecular weight excluding hydrogens is 394 g/mol. The number of likely N-dealkylation sites (tertiary alicyclic amines) is 1. The molecule has 1 amide bonds. The Labute approximate surface area is 170 Å². The minimum Gasteiger partial charge on any atom is -0.385 e. The topological polar surface area (TPSA) is 97.6 Å². The first kappa shape index (κ1) is 20.1. The van der Waals surface area contributed by atoms with Gasteiger partial charge < -0.3 is 9.74 Å². The fraction of sp³-hybridized carbons (Fsp3) is 0.632. The van der Waals surface area contributed by atoms with Crippen LogP contribution in [-0.4, -0.2) is 71.5 Å². The predicted molar refractivity (Wildman–Crippen MR) is 106 cm³/mol. The number of carbonyl (C=O) groups is 1. The number of nitrogens with zero attached hydrogens (tertiary/aromatic N) is 5. The van der Waals surface area contributed by atoms with Gasteiger partial charge in [0.05, 0.1) is 4.90 Å². The smallest absolute Gasteiger partial charge is 0.263 e. The van der Waals surface area contributed by atoms with E-state index in [2.05, 4.69) is 24.2 Å². The number of rotatable bonds is 5. The van der Waals surface area contributed by atoms with Gasteiger partial charge in [0, 0.05) is 26.2 Å². The van der Waals surface area contributed by atoms with Gasteiger partial charge in [-0.2, -0.15) is 4.31 Å². The number of hydrogen-bond acceptors (Lipinski definition) is 6. The molecule has 10 heteroatoms. The standard InChI is InChI=1S/C19H27N5O4S/c1-14-9-15(2)12-23(11-14)29(26,27)16-5-6-17-18(10-16)24(21-20-17)28-13-19(25)22-7-3-4-8-22/h5-6,10,14-15H,3-4,7-9,11-13H2,1-2H3/t14-,15-/m0/s1. The van der Waals surface area contributed by atoms with Crippen LogP contribution in [0.3, 0.4) is 0 Å². The highest BCUT2D eigenvalue weighted by Crippen LogP contribution is 2.27. The summed E-state index contributed by atoms with van der Waals surface area (Å²) in [5.74, 6) is 0.542. The van der Waals surface area contributed by atoms with Gasteiger partial charge in [0.1, 0.15) is 11.0 Å². The van der Waals surface area contributed by atoms with Crippen molar-refractivity contribution >= 4 is 27.0 Å². The van der Waals surface area contributed by atoms with Crippen molar-refractivity contribution in [2.24, 2.45) is 11.8 Å². The lowest BCUT2D eigenvalue weighted by atomic mass is 9.94. The Kier molecular flexibility index (Phi) is 5.48. The van der Waals surface area contributed by atoms with Crippen LogP contribution < -0.4 is 4.84 Å². The van der Waals surface area contributed by atoms with Crippen molar-refractivity contribution in [1.82, 2.24) is 24.4 Å². The van der Waals surface area contributed by atoms with E-state index in [9.17, 15) is 13.2 Å². The Bertz CT molecular complexity index is 989. The summed E-state index contributed by atoms with van der Waals surface area (Å²) in [6, 6.07) is 4.69. The van der Waals surface area contributed by atoms with Gasteiger partial charge in [-0.1, -0.05) is 18.7 Å². The van der Waals surface area contributed by atoms with E-state index in [4.69, 9.17) is 4.84 Å². The second kappa shape index (κ2) is 7.91. The number of fused-ring (bicyclic) bond motifs is 1. The van der Waals surface area contributed by atoms with Crippen LogP contribution in [0.15, 0.2) is 23.1 Å². The Morgan fingerprint density at radius 1 is 1.17 bits per heavy atom. The quantitative estimate of drug-likeness (QED) is 0.718. The van der Waals surface area contributed by atoms with Gasteiger partial charge in [-0.15, -0.1) is 5.10 Å². The molecule has 158 valence electrons. The zero-order valence-electron chi connectivity index (χ0n) is 16.8. The highest BCUT2D eigenvalue weighted by molar-refractivity contribution is 7.89. The summed E-state index contributed by atoms with van der Waals surface area (Å²) in [6.07, 6.45) is 3.04.